The van der Waals surface area contributed by atoms with Gasteiger partial charge in [0.2, 0.25) is 5.44 Å². The van der Waals surface area contributed by atoms with Crippen LogP contribution in [0.25, 0.3) is 0 Å². The SMILES string of the molecule is CN1C(=O)C(S)Oc2cccnc21. The average molecular weight is 196 g/mol. The molecule has 0 spiro atoms. The van der Waals surface area contributed by atoms with E-state index < -0.39 is 5.44 Å². The minimum absolute atomic E-state index is 0.200. The van der Waals surface area contributed by atoms with Crippen LogP contribution in [0.3, 0.4) is 0 Å². The minimum Gasteiger partial charge on any atom is -0.466 e. The highest BCUT2D eigenvalue weighted by atomic mass is 32.1. The fraction of sp³-hybridized carbons (Fsp3) is 0.250. The predicted octanol–water partition coefficient (Wildman–Crippen LogP) is 0.693. The maximum absolute atomic E-state index is 11.4. The molecule has 1 aromatic rings. The van der Waals surface area contributed by atoms with E-state index in [1.165, 1.54) is 4.90 Å². The van der Waals surface area contributed by atoms with Crippen molar-refractivity contribution >= 4 is 24.4 Å². The lowest BCUT2D eigenvalue weighted by Crippen LogP contribution is -2.41. The van der Waals surface area contributed by atoms with Gasteiger partial charge < -0.3 is 4.74 Å². The quantitative estimate of drug-likeness (QED) is 0.621. The van der Waals surface area contributed by atoms with Gasteiger partial charge in [-0.25, -0.2) is 4.98 Å². The lowest BCUT2D eigenvalue weighted by Gasteiger charge is -2.27. The molecule has 0 radical (unpaired) electrons. The summed E-state index contributed by atoms with van der Waals surface area (Å²) in [7, 11) is 1.65. The highest BCUT2D eigenvalue weighted by molar-refractivity contribution is 7.81. The van der Waals surface area contributed by atoms with Crippen molar-refractivity contribution in [3.8, 4) is 5.75 Å². The number of carbonyl (C=O) groups excluding carboxylic acids is 1. The maximum atomic E-state index is 11.4. The second kappa shape index (κ2) is 2.92. The first-order valence-electron chi connectivity index (χ1n) is 3.77. The number of hydrogen-bond acceptors (Lipinski definition) is 4. The zero-order valence-electron chi connectivity index (χ0n) is 6.97. The summed E-state index contributed by atoms with van der Waals surface area (Å²) in [6, 6.07) is 3.51. The van der Waals surface area contributed by atoms with Crippen LogP contribution in [0.4, 0.5) is 5.82 Å². The van der Waals surface area contributed by atoms with Crippen LogP contribution in [0.1, 0.15) is 0 Å². The number of amides is 1. The molecule has 4 nitrogen and oxygen atoms in total. The summed E-state index contributed by atoms with van der Waals surface area (Å²) in [5, 5.41) is 0. The summed E-state index contributed by atoms with van der Waals surface area (Å²) in [6.45, 7) is 0. The Morgan fingerprint density at radius 3 is 3.23 bits per heavy atom. The van der Waals surface area contributed by atoms with Crippen molar-refractivity contribution in [2.24, 2.45) is 0 Å². The van der Waals surface area contributed by atoms with Gasteiger partial charge in [0.25, 0.3) is 5.91 Å². The molecule has 68 valence electrons. The summed E-state index contributed by atoms with van der Waals surface area (Å²) < 4.78 is 5.22. The van der Waals surface area contributed by atoms with Crippen LogP contribution < -0.4 is 9.64 Å². The van der Waals surface area contributed by atoms with Crippen LogP contribution >= 0.6 is 12.6 Å². The zero-order valence-corrected chi connectivity index (χ0v) is 7.86. The summed E-state index contributed by atoms with van der Waals surface area (Å²) in [5.74, 6) is 0.928. The smallest absolute Gasteiger partial charge is 0.279 e. The van der Waals surface area contributed by atoms with Gasteiger partial charge in [-0.3, -0.25) is 9.69 Å². The molecular weight excluding hydrogens is 188 g/mol. The first-order valence-corrected chi connectivity index (χ1v) is 4.29. The zero-order chi connectivity index (χ0) is 9.42. The van der Waals surface area contributed by atoms with Gasteiger partial charge in [0.15, 0.2) is 11.6 Å². The van der Waals surface area contributed by atoms with E-state index in [2.05, 4.69) is 17.6 Å². The van der Waals surface area contributed by atoms with Gasteiger partial charge in [-0.15, -0.1) is 12.6 Å². The second-order valence-electron chi connectivity index (χ2n) is 2.69. The molecule has 1 aliphatic rings. The van der Waals surface area contributed by atoms with Crippen molar-refractivity contribution in [2.45, 2.75) is 5.44 Å². The van der Waals surface area contributed by atoms with Gasteiger partial charge in [-0.05, 0) is 12.1 Å². The largest absolute Gasteiger partial charge is 0.466 e. The average Bonchev–Trinajstić information content (AvgIpc) is 2.15. The van der Waals surface area contributed by atoms with Gasteiger partial charge >= 0.3 is 0 Å². The second-order valence-corrected chi connectivity index (χ2v) is 3.16. The van der Waals surface area contributed by atoms with E-state index in [9.17, 15) is 4.79 Å². The first-order chi connectivity index (χ1) is 6.20. The molecule has 0 saturated carbocycles. The number of pyridine rings is 1. The number of anilines is 1. The van der Waals surface area contributed by atoms with Crippen molar-refractivity contribution in [3.05, 3.63) is 18.3 Å². The molecule has 1 aliphatic heterocycles. The molecule has 0 saturated heterocycles. The van der Waals surface area contributed by atoms with Crippen LogP contribution in [-0.2, 0) is 4.79 Å². The number of hydrogen-bond donors (Lipinski definition) is 1. The van der Waals surface area contributed by atoms with Crippen molar-refractivity contribution in [2.75, 3.05) is 11.9 Å². The molecule has 1 unspecified atom stereocenters. The van der Waals surface area contributed by atoms with Gasteiger partial charge in [0.1, 0.15) is 0 Å². The maximum Gasteiger partial charge on any atom is 0.279 e. The van der Waals surface area contributed by atoms with Crippen LogP contribution in [-0.4, -0.2) is 23.4 Å². The van der Waals surface area contributed by atoms with E-state index in [-0.39, 0.29) is 5.91 Å². The molecule has 1 aromatic heterocycles. The number of nitrogens with zero attached hydrogens (tertiary/aromatic N) is 2. The molecule has 1 atom stereocenters. The van der Waals surface area contributed by atoms with Crippen molar-refractivity contribution in [1.29, 1.82) is 0 Å². The van der Waals surface area contributed by atoms with Crippen molar-refractivity contribution in [3.63, 3.8) is 0 Å². The Bertz CT molecular complexity index is 356. The van der Waals surface area contributed by atoms with Crippen LogP contribution in [0.5, 0.6) is 5.75 Å². The van der Waals surface area contributed by atoms with E-state index in [1.54, 1.807) is 25.4 Å². The fourth-order valence-corrected chi connectivity index (χ4v) is 1.45. The molecule has 0 aromatic carbocycles. The number of carbonyl (C=O) groups is 1. The van der Waals surface area contributed by atoms with E-state index >= 15 is 0 Å². The molecule has 0 N–H and O–H groups in total. The number of fused-ring (bicyclic) bond motifs is 1. The Kier molecular flexibility index (Phi) is 1.88. The molecule has 2 heterocycles. The van der Waals surface area contributed by atoms with Crippen LogP contribution in [0.2, 0.25) is 0 Å². The Labute approximate surface area is 80.9 Å². The Morgan fingerprint density at radius 1 is 1.69 bits per heavy atom. The summed E-state index contributed by atoms with van der Waals surface area (Å²) >= 11 is 4.00. The third kappa shape index (κ3) is 1.25. The highest BCUT2D eigenvalue weighted by Gasteiger charge is 2.30. The molecule has 5 heteroatoms. The summed E-state index contributed by atoms with van der Waals surface area (Å²) in [5.41, 5.74) is -0.721. The van der Waals surface area contributed by atoms with Gasteiger partial charge in [-0.2, -0.15) is 0 Å². The topological polar surface area (TPSA) is 42.4 Å². The molecule has 13 heavy (non-hydrogen) atoms. The molecular formula is C8H8N2O2S. The number of rotatable bonds is 0. The molecule has 0 bridgehead atoms. The Hall–Kier alpha value is -1.23. The van der Waals surface area contributed by atoms with Crippen molar-refractivity contribution in [1.82, 2.24) is 4.98 Å². The van der Waals surface area contributed by atoms with E-state index in [1.807, 2.05) is 0 Å². The third-order valence-corrected chi connectivity index (χ3v) is 2.18. The van der Waals surface area contributed by atoms with E-state index in [4.69, 9.17) is 4.74 Å². The molecule has 2 rings (SSSR count). The Morgan fingerprint density at radius 2 is 2.46 bits per heavy atom. The fourth-order valence-electron chi connectivity index (χ4n) is 1.17. The van der Waals surface area contributed by atoms with Gasteiger partial charge in [0.05, 0.1) is 0 Å². The lowest BCUT2D eigenvalue weighted by atomic mass is 10.3. The minimum atomic E-state index is -0.721. The van der Waals surface area contributed by atoms with Gasteiger partial charge in [-0.1, -0.05) is 0 Å². The number of ether oxygens (including phenoxy) is 1. The lowest BCUT2D eigenvalue weighted by molar-refractivity contribution is -0.122. The first kappa shape index (κ1) is 8.37. The van der Waals surface area contributed by atoms with Crippen LogP contribution in [0, 0.1) is 0 Å². The van der Waals surface area contributed by atoms with Crippen LogP contribution in [0.15, 0.2) is 18.3 Å². The molecule has 0 fully saturated rings. The number of aromatic nitrogens is 1. The van der Waals surface area contributed by atoms with Gasteiger partial charge in [0, 0.05) is 13.2 Å². The predicted molar refractivity (Wildman–Crippen MR) is 51.0 cm³/mol. The van der Waals surface area contributed by atoms with Crippen molar-refractivity contribution < 1.29 is 9.53 Å². The monoisotopic (exact) mass is 196 g/mol. The Balaban J connectivity index is 2.49. The van der Waals surface area contributed by atoms with E-state index in [0.717, 1.165) is 0 Å². The number of likely N-dealkylation sites (N-methyl/N-ethyl adjacent to an activating group) is 1. The normalized spacial score (nSPS) is 20.9. The summed E-state index contributed by atoms with van der Waals surface area (Å²) in [4.78, 5) is 16.8. The number of thiol groups is 1. The molecule has 1 amide bonds. The molecule has 0 aliphatic carbocycles. The van der Waals surface area contributed by atoms with E-state index in [0.29, 0.717) is 11.6 Å². The third-order valence-electron chi connectivity index (χ3n) is 1.85. The standard InChI is InChI=1S/C8H8N2O2S/c1-10-6-5(3-2-4-9-6)12-8(13)7(10)11/h2-4,8,13H,1H3. The highest BCUT2D eigenvalue weighted by Crippen LogP contribution is 2.30. The summed E-state index contributed by atoms with van der Waals surface area (Å²) in [6.07, 6.45) is 1.62.